The molecule has 7 N–H and O–H groups in total. The number of Topliss-reactive ketones (excluding diaryl/α,β-unsaturated/α-hetero) is 1. The number of aromatic nitrogens is 3. The molecule has 42 heavy (non-hydrogen) atoms. The first-order valence-electron chi connectivity index (χ1n) is 13.2. The van der Waals surface area contributed by atoms with Gasteiger partial charge in [0.15, 0.2) is 5.78 Å². The summed E-state index contributed by atoms with van der Waals surface area (Å²) in [4.78, 5) is 46.1. The van der Waals surface area contributed by atoms with Gasteiger partial charge in [0.25, 0.3) is 5.91 Å². The highest BCUT2D eigenvalue weighted by molar-refractivity contribution is 7.21. The molecule has 214 valence electrons. The number of aryl methyl sites for hydroxylation is 1. The molecule has 0 bridgehead atoms. The summed E-state index contributed by atoms with van der Waals surface area (Å²) in [6, 6.07) is 8.55. The van der Waals surface area contributed by atoms with Crippen molar-refractivity contribution < 1.29 is 19.1 Å². The first-order valence-corrected chi connectivity index (χ1v) is 14.0. The highest BCUT2D eigenvalue weighted by atomic mass is 32.1. The van der Waals surface area contributed by atoms with Crippen molar-refractivity contribution in [2.24, 2.45) is 11.5 Å². The smallest absolute Gasteiger partial charge is 0.262 e. The Hall–Kier alpha value is -4.72. The highest BCUT2D eigenvalue weighted by Crippen LogP contribution is 2.49. The van der Waals surface area contributed by atoms with E-state index < -0.39 is 17.4 Å². The Morgan fingerprint density at radius 1 is 1.21 bits per heavy atom. The molecule has 6 rings (SSSR count). The van der Waals surface area contributed by atoms with Crippen LogP contribution in [0.5, 0.6) is 11.8 Å². The molecule has 1 saturated heterocycles. The average molecular weight is 585 g/mol. The van der Waals surface area contributed by atoms with Gasteiger partial charge in [-0.3, -0.25) is 14.4 Å². The number of anilines is 1. The van der Waals surface area contributed by atoms with Crippen LogP contribution in [0, 0.1) is 6.92 Å². The number of amides is 2. The van der Waals surface area contributed by atoms with Crippen LogP contribution in [0.25, 0.3) is 10.1 Å². The van der Waals surface area contributed by atoms with Crippen LogP contribution >= 0.6 is 11.3 Å². The Morgan fingerprint density at radius 2 is 2.00 bits per heavy atom. The molecule has 12 nitrogen and oxygen atoms in total. The number of nitrogens with one attached hydrogen (secondary N) is 1. The number of carbonyl (C=O) groups is 3. The van der Waals surface area contributed by atoms with Crippen molar-refractivity contribution in [1.82, 2.24) is 25.4 Å². The number of rotatable bonds is 6. The van der Waals surface area contributed by atoms with Gasteiger partial charge in [0.05, 0.1) is 15.6 Å². The van der Waals surface area contributed by atoms with Crippen LogP contribution < -0.4 is 27.3 Å². The van der Waals surface area contributed by atoms with Crippen LogP contribution in [-0.2, 0) is 15.1 Å². The van der Waals surface area contributed by atoms with Gasteiger partial charge in [-0.1, -0.05) is 12.6 Å². The third-order valence-corrected chi connectivity index (χ3v) is 9.02. The molecule has 2 amide bonds. The molecule has 4 aromatic rings. The quantitative estimate of drug-likeness (QED) is 0.193. The molecule has 4 heterocycles. The number of nitrogens with zero attached hydrogens (tertiary/aromatic N) is 4. The zero-order valence-electron chi connectivity index (χ0n) is 22.7. The minimum atomic E-state index is -1.66. The van der Waals surface area contributed by atoms with Crippen molar-refractivity contribution in [1.29, 1.82) is 0 Å². The fourth-order valence-electron chi connectivity index (χ4n) is 5.75. The van der Waals surface area contributed by atoms with E-state index in [1.54, 1.807) is 48.2 Å². The predicted octanol–water partition coefficient (Wildman–Crippen LogP) is 2.07. The Bertz CT molecular complexity index is 1770. The Labute approximate surface area is 244 Å². The van der Waals surface area contributed by atoms with E-state index in [9.17, 15) is 14.4 Å². The SMILES string of the molecule is C=CC(=O)N1CCC(NC(=O)c2sc3c(N)ccc4c3c2C(N)C(=O)C4(N)c2ccc(Oc3cccnn3)nc2C)C1. The Morgan fingerprint density at radius 3 is 2.71 bits per heavy atom. The van der Waals surface area contributed by atoms with Crippen molar-refractivity contribution in [2.75, 3.05) is 18.8 Å². The Balaban J connectivity index is 1.39. The van der Waals surface area contributed by atoms with Crippen molar-refractivity contribution in [2.45, 2.75) is 31.0 Å². The van der Waals surface area contributed by atoms with E-state index >= 15 is 0 Å². The lowest BCUT2D eigenvalue weighted by Crippen LogP contribution is -2.53. The first-order chi connectivity index (χ1) is 20.1. The first kappa shape index (κ1) is 27.4. The molecule has 0 spiro atoms. The van der Waals surface area contributed by atoms with Crippen molar-refractivity contribution in [3.8, 4) is 11.8 Å². The number of ketones is 1. The summed E-state index contributed by atoms with van der Waals surface area (Å²) in [5.41, 5.74) is 20.5. The van der Waals surface area contributed by atoms with Gasteiger partial charge in [-0.05, 0) is 43.2 Å². The summed E-state index contributed by atoms with van der Waals surface area (Å²) in [6.45, 7) is 6.13. The average Bonchev–Trinajstić information content (AvgIpc) is 3.62. The molecule has 0 radical (unpaired) electrons. The number of nitrogens with two attached hydrogens (primary N) is 3. The Kier molecular flexibility index (Phi) is 6.72. The molecule has 1 aliphatic carbocycles. The van der Waals surface area contributed by atoms with Crippen LogP contribution in [0.4, 0.5) is 5.69 Å². The van der Waals surface area contributed by atoms with E-state index in [0.29, 0.717) is 62.5 Å². The molecule has 0 saturated carbocycles. The molecule has 1 aliphatic heterocycles. The van der Waals surface area contributed by atoms with Gasteiger partial charge in [-0.15, -0.1) is 16.4 Å². The van der Waals surface area contributed by atoms with Gasteiger partial charge in [0.1, 0.15) is 5.54 Å². The van der Waals surface area contributed by atoms with E-state index in [1.165, 1.54) is 23.6 Å². The van der Waals surface area contributed by atoms with Gasteiger partial charge in [-0.25, -0.2) is 4.98 Å². The molecule has 2 aliphatic rings. The minimum Gasteiger partial charge on any atom is -0.419 e. The van der Waals surface area contributed by atoms with E-state index in [1.807, 2.05) is 0 Å². The number of benzene rings is 1. The fraction of sp³-hybridized carbons (Fsp3) is 0.241. The summed E-state index contributed by atoms with van der Waals surface area (Å²) >= 11 is 1.17. The zero-order valence-corrected chi connectivity index (χ0v) is 23.5. The van der Waals surface area contributed by atoms with E-state index in [4.69, 9.17) is 21.9 Å². The van der Waals surface area contributed by atoms with Crippen molar-refractivity contribution in [3.63, 3.8) is 0 Å². The van der Waals surface area contributed by atoms with Gasteiger partial charge in [0.2, 0.25) is 17.7 Å². The summed E-state index contributed by atoms with van der Waals surface area (Å²) in [6.07, 6.45) is 3.38. The molecular weight excluding hydrogens is 556 g/mol. The number of likely N-dealkylation sites (tertiary alicyclic amines) is 1. The standard InChI is InChI=1S/C29H28N8O4S/c1-3-21(38)37-12-10-15(13-37)35-28(40)26-23-22-17(6-8-18(30)25(22)42-26)29(32,27(39)24(23)31)16-7-9-19(34-14(16)2)41-20-5-4-11-33-36-20/h3-9,11,15,24H,1,10,12-13,30-32H2,2H3,(H,35,40). The summed E-state index contributed by atoms with van der Waals surface area (Å²) in [5.74, 6) is -0.533. The van der Waals surface area contributed by atoms with Gasteiger partial charge < -0.3 is 32.2 Å². The molecule has 1 aromatic carbocycles. The maximum Gasteiger partial charge on any atom is 0.262 e. The molecule has 3 unspecified atom stereocenters. The highest BCUT2D eigenvalue weighted by Gasteiger charge is 2.49. The zero-order chi connectivity index (χ0) is 29.8. The maximum atomic E-state index is 14.1. The lowest BCUT2D eigenvalue weighted by molar-refractivity contribution is -0.125. The third kappa shape index (κ3) is 4.29. The topological polar surface area (TPSA) is 192 Å². The molecule has 13 heteroatoms. The number of ether oxygens (including phenoxy) is 1. The van der Waals surface area contributed by atoms with Crippen LogP contribution in [-0.4, -0.2) is 56.8 Å². The number of thiophene rings is 1. The van der Waals surface area contributed by atoms with Gasteiger partial charge >= 0.3 is 0 Å². The van der Waals surface area contributed by atoms with Gasteiger partial charge in [0, 0.05) is 65.4 Å². The van der Waals surface area contributed by atoms with Crippen LogP contribution in [0.2, 0.25) is 0 Å². The molecule has 3 atom stereocenters. The fourth-order valence-corrected chi connectivity index (χ4v) is 6.95. The number of carbonyl (C=O) groups excluding carboxylic acids is 3. The lowest BCUT2D eigenvalue weighted by Gasteiger charge is -2.37. The number of nitrogen functional groups attached to an aromatic ring is 1. The number of hydrogen-bond donors (Lipinski definition) is 4. The molecular formula is C29H28N8O4S. The summed E-state index contributed by atoms with van der Waals surface area (Å²) in [5, 5.41) is 11.3. The largest absolute Gasteiger partial charge is 0.419 e. The molecule has 1 fully saturated rings. The second kappa shape index (κ2) is 10.3. The van der Waals surface area contributed by atoms with Crippen LogP contribution in [0.15, 0.2) is 55.3 Å². The van der Waals surface area contributed by atoms with Crippen LogP contribution in [0.3, 0.4) is 0 Å². The van der Waals surface area contributed by atoms with Crippen LogP contribution in [0.1, 0.15) is 44.5 Å². The van der Waals surface area contributed by atoms with Crippen molar-refractivity contribution >= 4 is 44.7 Å². The number of pyridine rings is 1. The monoisotopic (exact) mass is 584 g/mol. The predicted molar refractivity (Wildman–Crippen MR) is 157 cm³/mol. The van der Waals surface area contributed by atoms with E-state index in [2.05, 4.69) is 27.1 Å². The lowest BCUT2D eigenvalue weighted by atomic mass is 9.70. The summed E-state index contributed by atoms with van der Waals surface area (Å²) in [7, 11) is 0. The maximum absolute atomic E-state index is 14.1. The van der Waals surface area contributed by atoms with Gasteiger partial charge in [-0.2, -0.15) is 5.10 Å². The second-order valence-corrected chi connectivity index (χ2v) is 11.3. The third-order valence-electron chi connectivity index (χ3n) is 7.77. The minimum absolute atomic E-state index is 0.189. The van der Waals surface area contributed by atoms with Crippen molar-refractivity contribution in [3.05, 3.63) is 82.5 Å². The van der Waals surface area contributed by atoms with E-state index in [0.717, 1.165) is 0 Å². The normalized spacial score (nSPS) is 21.4. The number of hydrogen-bond acceptors (Lipinski definition) is 11. The molecule has 3 aromatic heterocycles. The summed E-state index contributed by atoms with van der Waals surface area (Å²) < 4.78 is 6.32. The second-order valence-electron chi connectivity index (χ2n) is 10.3. The van der Waals surface area contributed by atoms with E-state index in [-0.39, 0.29) is 29.6 Å².